The number of aromatic nitrogens is 3. The first-order chi connectivity index (χ1) is 12.1. The molecule has 1 amide bonds. The van der Waals surface area contributed by atoms with E-state index < -0.39 is 0 Å². The van der Waals surface area contributed by atoms with Gasteiger partial charge in [0.05, 0.1) is 16.9 Å². The maximum Gasteiger partial charge on any atom is 0.269 e. The summed E-state index contributed by atoms with van der Waals surface area (Å²) in [5.41, 5.74) is 4.19. The van der Waals surface area contributed by atoms with Crippen LogP contribution in [-0.4, -0.2) is 27.2 Å². The van der Waals surface area contributed by atoms with Crippen molar-refractivity contribution in [3.8, 4) is 5.69 Å². The zero-order valence-electron chi connectivity index (χ0n) is 15.0. The fourth-order valence-corrected chi connectivity index (χ4v) is 2.80. The van der Waals surface area contributed by atoms with Gasteiger partial charge in [0, 0.05) is 18.1 Å². The summed E-state index contributed by atoms with van der Waals surface area (Å²) in [6.45, 7) is 6.84. The molecule has 0 aliphatic heterocycles. The Morgan fingerprint density at radius 1 is 1.20 bits per heavy atom. The third kappa shape index (κ3) is 3.71. The first kappa shape index (κ1) is 17.1. The molecule has 0 unspecified atom stereocenters. The van der Waals surface area contributed by atoms with Crippen molar-refractivity contribution in [2.45, 2.75) is 40.0 Å². The normalized spacial score (nSPS) is 11.0. The molecule has 0 spiro atoms. The van der Waals surface area contributed by atoms with Gasteiger partial charge < -0.3 is 5.32 Å². The number of pyridine rings is 1. The smallest absolute Gasteiger partial charge is 0.269 e. The number of nitrogens with zero attached hydrogens (tertiary/aromatic N) is 3. The second-order valence-corrected chi connectivity index (χ2v) is 6.35. The van der Waals surface area contributed by atoms with Crippen LogP contribution in [0.2, 0.25) is 0 Å². The molecule has 130 valence electrons. The standard InChI is InChI=1S/C20H24N4O/c1-4-5-8-11-21-20(25)18-12-19(24-13-14(2)15(3)23-24)16-9-6-7-10-17(16)22-18/h6-7,9-10,12-13H,4-5,8,11H2,1-3H3,(H,21,25). The van der Waals surface area contributed by atoms with Gasteiger partial charge >= 0.3 is 0 Å². The fraction of sp³-hybridized carbons (Fsp3) is 0.350. The molecule has 3 rings (SSSR count). The number of rotatable bonds is 6. The molecular weight excluding hydrogens is 312 g/mol. The molecule has 5 nitrogen and oxygen atoms in total. The fourth-order valence-electron chi connectivity index (χ4n) is 2.80. The van der Waals surface area contributed by atoms with Crippen molar-refractivity contribution in [1.29, 1.82) is 0 Å². The number of para-hydroxylation sites is 1. The highest BCUT2D eigenvalue weighted by Gasteiger charge is 2.14. The lowest BCUT2D eigenvalue weighted by molar-refractivity contribution is 0.0948. The summed E-state index contributed by atoms with van der Waals surface area (Å²) in [7, 11) is 0. The number of amides is 1. The van der Waals surface area contributed by atoms with E-state index in [-0.39, 0.29) is 5.91 Å². The third-order valence-corrected chi connectivity index (χ3v) is 4.38. The summed E-state index contributed by atoms with van der Waals surface area (Å²) < 4.78 is 1.84. The monoisotopic (exact) mass is 336 g/mol. The zero-order valence-corrected chi connectivity index (χ0v) is 15.0. The van der Waals surface area contributed by atoms with Gasteiger partial charge in [0.15, 0.2) is 0 Å². The molecule has 0 bridgehead atoms. The summed E-state index contributed by atoms with van der Waals surface area (Å²) in [6, 6.07) is 9.66. The SMILES string of the molecule is CCCCCNC(=O)c1cc(-n2cc(C)c(C)n2)c2ccccc2n1. The number of carbonyl (C=O) groups excluding carboxylic acids is 1. The average molecular weight is 336 g/mol. The van der Waals surface area contributed by atoms with Gasteiger partial charge in [-0.1, -0.05) is 38.0 Å². The Hall–Kier alpha value is -2.69. The molecule has 0 saturated heterocycles. The topological polar surface area (TPSA) is 59.8 Å². The van der Waals surface area contributed by atoms with Crippen molar-refractivity contribution in [2.24, 2.45) is 0 Å². The molecule has 1 N–H and O–H groups in total. The van der Waals surface area contributed by atoms with Crippen molar-refractivity contribution in [3.05, 3.63) is 53.5 Å². The highest BCUT2D eigenvalue weighted by molar-refractivity contribution is 5.97. The minimum absolute atomic E-state index is 0.135. The van der Waals surface area contributed by atoms with E-state index in [1.807, 2.05) is 55.1 Å². The summed E-state index contributed by atoms with van der Waals surface area (Å²) in [5.74, 6) is -0.135. The largest absolute Gasteiger partial charge is 0.351 e. The molecule has 5 heteroatoms. The number of unbranched alkanes of at least 4 members (excludes halogenated alkanes) is 2. The van der Waals surface area contributed by atoms with E-state index in [0.29, 0.717) is 12.2 Å². The predicted molar refractivity (Wildman–Crippen MR) is 100 cm³/mol. The van der Waals surface area contributed by atoms with Crippen LogP contribution in [0, 0.1) is 13.8 Å². The minimum atomic E-state index is -0.135. The van der Waals surface area contributed by atoms with Gasteiger partial charge in [-0.05, 0) is 38.0 Å². The second kappa shape index (κ2) is 7.47. The highest BCUT2D eigenvalue weighted by Crippen LogP contribution is 2.22. The molecule has 0 aliphatic carbocycles. The molecule has 0 radical (unpaired) electrons. The minimum Gasteiger partial charge on any atom is -0.351 e. The van der Waals surface area contributed by atoms with Crippen molar-refractivity contribution in [2.75, 3.05) is 6.54 Å². The van der Waals surface area contributed by atoms with Crippen LogP contribution in [0.3, 0.4) is 0 Å². The number of fused-ring (bicyclic) bond motifs is 1. The molecule has 0 aliphatic rings. The lowest BCUT2D eigenvalue weighted by Crippen LogP contribution is -2.25. The van der Waals surface area contributed by atoms with Gasteiger partial charge in [0.25, 0.3) is 5.91 Å². The molecule has 0 fully saturated rings. The maximum atomic E-state index is 12.5. The van der Waals surface area contributed by atoms with E-state index >= 15 is 0 Å². The number of benzene rings is 1. The van der Waals surface area contributed by atoms with Gasteiger partial charge in [-0.25, -0.2) is 9.67 Å². The molecule has 2 aromatic heterocycles. The average Bonchev–Trinajstić information content (AvgIpc) is 2.96. The number of carbonyl (C=O) groups is 1. The van der Waals surface area contributed by atoms with Crippen LogP contribution in [-0.2, 0) is 0 Å². The van der Waals surface area contributed by atoms with Crippen LogP contribution in [0.5, 0.6) is 0 Å². The van der Waals surface area contributed by atoms with E-state index in [4.69, 9.17) is 0 Å². The molecule has 2 heterocycles. The van der Waals surface area contributed by atoms with Crippen LogP contribution < -0.4 is 5.32 Å². The Morgan fingerprint density at radius 2 is 2.00 bits per heavy atom. The molecular formula is C20H24N4O. The summed E-state index contributed by atoms with van der Waals surface area (Å²) in [5, 5.41) is 8.52. The van der Waals surface area contributed by atoms with E-state index in [9.17, 15) is 4.79 Å². The Balaban J connectivity index is 1.99. The molecule has 1 aromatic carbocycles. The van der Waals surface area contributed by atoms with Crippen molar-refractivity contribution < 1.29 is 4.79 Å². The molecule has 0 atom stereocenters. The quantitative estimate of drug-likeness (QED) is 0.693. The maximum absolute atomic E-state index is 12.5. The molecule has 25 heavy (non-hydrogen) atoms. The Morgan fingerprint density at radius 3 is 2.72 bits per heavy atom. The second-order valence-electron chi connectivity index (χ2n) is 6.35. The van der Waals surface area contributed by atoms with Crippen LogP contribution in [0.4, 0.5) is 0 Å². The van der Waals surface area contributed by atoms with Crippen LogP contribution in [0.15, 0.2) is 36.5 Å². The third-order valence-electron chi connectivity index (χ3n) is 4.38. The first-order valence-electron chi connectivity index (χ1n) is 8.81. The van der Waals surface area contributed by atoms with E-state index in [2.05, 4.69) is 22.3 Å². The number of nitrogens with one attached hydrogen (secondary N) is 1. The van der Waals surface area contributed by atoms with Crippen molar-refractivity contribution in [1.82, 2.24) is 20.1 Å². The van der Waals surface area contributed by atoms with Gasteiger partial charge in [-0.15, -0.1) is 0 Å². The number of aryl methyl sites for hydroxylation is 2. The van der Waals surface area contributed by atoms with E-state index in [1.54, 1.807) is 0 Å². The summed E-state index contributed by atoms with van der Waals surface area (Å²) in [6.07, 6.45) is 5.22. The lowest BCUT2D eigenvalue weighted by Gasteiger charge is -2.10. The number of hydrogen-bond donors (Lipinski definition) is 1. The summed E-state index contributed by atoms with van der Waals surface area (Å²) >= 11 is 0. The van der Waals surface area contributed by atoms with Gasteiger partial charge in [-0.3, -0.25) is 4.79 Å². The van der Waals surface area contributed by atoms with Crippen molar-refractivity contribution in [3.63, 3.8) is 0 Å². The first-order valence-corrected chi connectivity index (χ1v) is 8.81. The van der Waals surface area contributed by atoms with E-state index in [1.165, 1.54) is 0 Å². The summed E-state index contributed by atoms with van der Waals surface area (Å²) in [4.78, 5) is 17.0. The number of hydrogen-bond acceptors (Lipinski definition) is 3. The van der Waals surface area contributed by atoms with E-state index in [0.717, 1.165) is 47.1 Å². The lowest BCUT2D eigenvalue weighted by atomic mass is 10.1. The van der Waals surface area contributed by atoms with Crippen LogP contribution in [0.1, 0.15) is 47.9 Å². The Kier molecular flexibility index (Phi) is 5.12. The van der Waals surface area contributed by atoms with Crippen LogP contribution >= 0.6 is 0 Å². The zero-order chi connectivity index (χ0) is 17.8. The highest BCUT2D eigenvalue weighted by atomic mass is 16.1. The molecule has 0 saturated carbocycles. The van der Waals surface area contributed by atoms with Crippen LogP contribution in [0.25, 0.3) is 16.6 Å². The van der Waals surface area contributed by atoms with Gasteiger partial charge in [0.1, 0.15) is 5.69 Å². The Bertz CT molecular complexity index is 878. The molecule has 3 aromatic rings. The van der Waals surface area contributed by atoms with Crippen molar-refractivity contribution >= 4 is 16.8 Å². The predicted octanol–water partition coefficient (Wildman–Crippen LogP) is 3.96. The van der Waals surface area contributed by atoms with Gasteiger partial charge in [-0.2, -0.15) is 5.10 Å². The van der Waals surface area contributed by atoms with Gasteiger partial charge in [0.2, 0.25) is 0 Å². The Labute approximate surface area is 148 Å².